The van der Waals surface area contributed by atoms with E-state index in [1.54, 1.807) is 0 Å². The van der Waals surface area contributed by atoms with Crippen molar-refractivity contribution >= 4 is 28.6 Å². The molecule has 2 aromatic carbocycles. The normalized spacial score (nSPS) is 13.2. The molecule has 2 rings (SSSR count). The number of rotatable bonds is 7. The van der Waals surface area contributed by atoms with Crippen LogP contribution >= 0.6 is 0 Å². The number of hydrogen-bond acceptors (Lipinski definition) is 3. The number of carboxylic acid groups (broad SMARTS) is 1. The first-order valence-corrected chi connectivity index (χ1v) is 8.97. The lowest BCUT2D eigenvalue weighted by Crippen LogP contribution is -2.53. The van der Waals surface area contributed by atoms with E-state index in [0.717, 1.165) is 21.2 Å². The number of amides is 2. The van der Waals surface area contributed by atoms with Gasteiger partial charge in [-0.25, -0.2) is 4.79 Å². The Morgan fingerprint density at radius 1 is 1.04 bits per heavy atom. The van der Waals surface area contributed by atoms with E-state index in [0.29, 0.717) is 0 Å². The number of carboxylic acids is 1. The van der Waals surface area contributed by atoms with Crippen LogP contribution in [0.3, 0.4) is 0 Å². The van der Waals surface area contributed by atoms with Crippen molar-refractivity contribution in [2.75, 3.05) is 7.05 Å². The number of hydrogen-bond donors (Lipinski definition) is 2. The number of carbonyl (C=O) groups is 3. The molecule has 0 saturated carbocycles. The Morgan fingerprint density at radius 2 is 1.67 bits per heavy atom. The van der Waals surface area contributed by atoms with Gasteiger partial charge in [-0.3, -0.25) is 9.59 Å². The molecule has 144 valence electrons. The molecule has 0 fully saturated rings. The summed E-state index contributed by atoms with van der Waals surface area (Å²) in [5.41, 5.74) is 0.855. The largest absolute Gasteiger partial charge is 0.480 e. The summed E-state index contributed by atoms with van der Waals surface area (Å²) in [7, 11) is 1.44. The van der Waals surface area contributed by atoms with E-state index >= 15 is 0 Å². The Bertz CT molecular complexity index is 847. The third-order valence-corrected chi connectivity index (χ3v) is 4.71. The average Bonchev–Trinajstić information content (AvgIpc) is 2.63. The monoisotopic (exact) mass is 370 g/mol. The lowest BCUT2D eigenvalue weighted by molar-refractivity contribution is -0.149. The predicted molar refractivity (Wildman–Crippen MR) is 104 cm³/mol. The fraction of sp³-hybridized carbons (Fsp3) is 0.381. The lowest BCUT2D eigenvalue weighted by atomic mass is 10.0. The first-order valence-electron chi connectivity index (χ1n) is 8.97. The van der Waals surface area contributed by atoms with E-state index in [-0.39, 0.29) is 18.2 Å². The van der Waals surface area contributed by atoms with E-state index in [9.17, 15) is 14.4 Å². The molecule has 6 nitrogen and oxygen atoms in total. The molecule has 0 radical (unpaired) electrons. The maximum absolute atomic E-state index is 12.6. The highest BCUT2D eigenvalue weighted by Gasteiger charge is 2.31. The van der Waals surface area contributed by atoms with Gasteiger partial charge in [-0.2, -0.15) is 0 Å². The van der Waals surface area contributed by atoms with Crippen LogP contribution in [0.15, 0.2) is 42.5 Å². The van der Waals surface area contributed by atoms with Crippen LogP contribution in [0.2, 0.25) is 0 Å². The summed E-state index contributed by atoms with van der Waals surface area (Å²) in [5.74, 6) is -1.93. The minimum atomic E-state index is -1.09. The Hall–Kier alpha value is -2.89. The van der Waals surface area contributed by atoms with Crippen LogP contribution in [0.5, 0.6) is 0 Å². The van der Waals surface area contributed by atoms with Gasteiger partial charge in [0, 0.05) is 7.05 Å². The number of nitrogens with one attached hydrogen (secondary N) is 1. The second kappa shape index (κ2) is 8.66. The fourth-order valence-electron chi connectivity index (χ4n) is 2.85. The maximum Gasteiger partial charge on any atom is 0.326 e. The van der Waals surface area contributed by atoms with Crippen LogP contribution in [0.1, 0.15) is 26.3 Å². The Labute approximate surface area is 159 Å². The van der Waals surface area contributed by atoms with Gasteiger partial charge >= 0.3 is 5.97 Å². The molecule has 0 aliphatic heterocycles. The van der Waals surface area contributed by atoms with Gasteiger partial charge in [0.15, 0.2) is 0 Å². The molecule has 2 amide bonds. The molecule has 0 saturated heterocycles. The number of likely N-dealkylation sites (N-methyl/N-ethyl adjacent to an activating group) is 1. The second-order valence-electron chi connectivity index (χ2n) is 7.11. The highest BCUT2D eigenvalue weighted by atomic mass is 16.4. The number of aliphatic carboxylic acids is 1. The lowest BCUT2D eigenvalue weighted by Gasteiger charge is -2.29. The molecule has 0 aromatic heterocycles. The highest BCUT2D eigenvalue weighted by Crippen LogP contribution is 2.16. The maximum atomic E-state index is 12.6. The third-order valence-electron chi connectivity index (χ3n) is 4.71. The van der Waals surface area contributed by atoms with Gasteiger partial charge in [0.05, 0.1) is 6.42 Å². The van der Waals surface area contributed by atoms with E-state index in [4.69, 9.17) is 5.11 Å². The van der Waals surface area contributed by atoms with Crippen molar-refractivity contribution in [2.45, 2.75) is 39.3 Å². The summed E-state index contributed by atoms with van der Waals surface area (Å²) in [4.78, 5) is 37.4. The topological polar surface area (TPSA) is 86.7 Å². The smallest absolute Gasteiger partial charge is 0.326 e. The highest BCUT2D eigenvalue weighted by molar-refractivity contribution is 5.91. The zero-order chi connectivity index (χ0) is 20.1. The number of benzene rings is 2. The number of nitrogens with zero attached hydrogens (tertiary/aromatic N) is 1. The van der Waals surface area contributed by atoms with E-state index < -0.39 is 24.0 Å². The van der Waals surface area contributed by atoms with Crippen molar-refractivity contribution in [1.82, 2.24) is 10.2 Å². The standard InChI is InChI=1S/C21H26N2O4/c1-13(2)19(20(25)23(4)14(3)21(26)27)22-18(24)12-15-9-10-16-7-5-6-8-17(16)11-15/h5-11,13-14,19H,12H2,1-4H3,(H,22,24)(H,26,27). The van der Waals surface area contributed by atoms with Gasteiger partial charge < -0.3 is 15.3 Å². The number of carbonyl (C=O) groups excluding carboxylic acids is 2. The molecule has 0 spiro atoms. The molecular weight excluding hydrogens is 344 g/mol. The van der Waals surface area contributed by atoms with Crippen molar-refractivity contribution in [3.63, 3.8) is 0 Å². The van der Waals surface area contributed by atoms with Gasteiger partial charge in [0.1, 0.15) is 12.1 Å². The molecule has 2 unspecified atom stereocenters. The van der Waals surface area contributed by atoms with Crippen LogP contribution in [0.4, 0.5) is 0 Å². The Kier molecular flexibility index (Phi) is 6.55. The first kappa shape index (κ1) is 20.4. The summed E-state index contributed by atoms with van der Waals surface area (Å²) in [6.07, 6.45) is 0.152. The van der Waals surface area contributed by atoms with Crippen LogP contribution in [-0.4, -0.2) is 46.9 Å². The van der Waals surface area contributed by atoms with Crippen LogP contribution in [0, 0.1) is 5.92 Å². The summed E-state index contributed by atoms with van der Waals surface area (Å²) < 4.78 is 0. The fourth-order valence-corrected chi connectivity index (χ4v) is 2.85. The summed E-state index contributed by atoms with van der Waals surface area (Å²) in [5, 5.41) is 14.0. The molecule has 6 heteroatoms. The third kappa shape index (κ3) is 5.06. The second-order valence-corrected chi connectivity index (χ2v) is 7.11. The van der Waals surface area contributed by atoms with E-state index in [1.807, 2.05) is 56.3 Å². The molecule has 0 aliphatic carbocycles. The molecular formula is C21H26N2O4. The molecule has 27 heavy (non-hydrogen) atoms. The summed E-state index contributed by atoms with van der Waals surface area (Å²) in [6, 6.07) is 12.0. The van der Waals surface area contributed by atoms with Gasteiger partial charge in [-0.15, -0.1) is 0 Å². The Balaban J connectivity index is 2.09. The van der Waals surface area contributed by atoms with Crippen LogP contribution < -0.4 is 5.32 Å². The molecule has 0 aliphatic rings. The van der Waals surface area contributed by atoms with E-state index in [1.165, 1.54) is 14.0 Å². The van der Waals surface area contributed by atoms with Crippen molar-refractivity contribution in [3.05, 3.63) is 48.0 Å². The van der Waals surface area contributed by atoms with Gasteiger partial charge in [0.2, 0.25) is 11.8 Å². The quantitative estimate of drug-likeness (QED) is 0.784. The first-order chi connectivity index (χ1) is 12.7. The molecule has 2 N–H and O–H groups in total. The van der Waals surface area contributed by atoms with Crippen LogP contribution in [-0.2, 0) is 20.8 Å². The van der Waals surface area contributed by atoms with E-state index in [2.05, 4.69) is 5.32 Å². The van der Waals surface area contributed by atoms with Gasteiger partial charge in [-0.1, -0.05) is 56.3 Å². The average molecular weight is 370 g/mol. The molecule has 2 aromatic rings. The summed E-state index contributed by atoms with van der Waals surface area (Å²) >= 11 is 0. The van der Waals surface area contributed by atoms with Crippen LogP contribution in [0.25, 0.3) is 10.8 Å². The molecule has 2 atom stereocenters. The van der Waals surface area contributed by atoms with Crippen molar-refractivity contribution in [2.24, 2.45) is 5.92 Å². The van der Waals surface area contributed by atoms with Crippen molar-refractivity contribution in [3.8, 4) is 0 Å². The van der Waals surface area contributed by atoms with Crippen molar-refractivity contribution < 1.29 is 19.5 Å². The van der Waals surface area contributed by atoms with Crippen molar-refractivity contribution in [1.29, 1.82) is 0 Å². The van der Waals surface area contributed by atoms with Gasteiger partial charge in [0.25, 0.3) is 0 Å². The summed E-state index contributed by atoms with van der Waals surface area (Å²) in [6.45, 7) is 5.07. The minimum absolute atomic E-state index is 0.152. The number of fused-ring (bicyclic) bond motifs is 1. The van der Waals surface area contributed by atoms with Gasteiger partial charge in [-0.05, 0) is 29.2 Å². The zero-order valence-corrected chi connectivity index (χ0v) is 16.1. The zero-order valence-electron chi connectivity index (χ0n) is 16.1. The minimum Gasteiger partial charge on any atom is -0.480 e. The molecule has 0 heterocycles. The SMILES string of the molecule is CC(C)C(NC(=O)Cc1ccc2ccccc2c1)C(=O)N(C)C(C)C(=O)O. The Morgan fingerprint density at radius 3 is 2.26 bits per heavy atom. The predicted octanol–water partition coefficient (Wildman–Crippen LogP) is 2.45. The molecule has 0 bridgehead atoms.